The summed E-state index contributed by atoms with van der Waals surface area (Å²) >= 11 is 0. The van der Waals surface area contributed by atoms with Gasteiger partial charge >= 0.3 is 6.03 Å². The van der Waals surface area contributed by atoms with E-state index in [-0.39, 0.29) is 12.1 Å². The minimum absolute atomic E-state index is 0.128. The molecule has 138 valence electrons. The number of carbonyl (C=O) groups is 1. The number of benzene rings is 1. The van der Waals surface area contributed by atoms with Crippen molar-refractivity contribution < 1.29 is 14.3 Å². The smallest absolute Gasteiger partial charge is 0.322 e. The van der Waals surface area contributed by atoms with Crippen LogP contribution in [-0.2, 0) is 0 Å². The monoisotopic (exact) mass is 357 g/mol. The van der Waals surface area contributed by atoms with Crippen molar-refractivity contribution in [2.45, 2.75) is 31.2 Å². The number of amides is 2. The van der Waals surface area contributed by atoms with Gasteiger partial charge in [0.1, 0.15) is 23.7 Å². The van der Waals surface area contributed by atoms with Gasteiger partial charge in [-0.05, 0) is 31.4 Å². The zero-order chi connectivity index (χ0) is 18.1. The van der Waals surface area contributed by atoms with Crippen molar-refractivity contribution in [3.05, 3.63) is 30.4 Å². The molecule has 8 heteroatoms. The summed E-state index contributed by atoms with van der Waals surface area (Å²) in [4.78, 5) is 14.5. The highest BCUT2D eigenvalue weighted by Crippen LogP contribution is 2.40. The second-order valence-corrected chi connectivity index (χ2v) is 6.76. The molecular weight excluding hydrogens is 334 g/mol. The predicted octanol–water partition coefficient (Wildman–Crippen LogP) is 2.65. The van der Waals surface area contributed by atoms with Crippen LogP contribution in [0.3, 0.4) is 0 Å². The third kappa shape index (κ3) is 3.18. The number of carbonyl (C=O) groups excluding carboxylic acids is 1. The third-order valence-electron chi connectivity index (χ3n) is 5.04. The maximum absolute atomic E-state index is 12.7. The highest BCUT2D eigenvalue weighted by Gasteiger charge is 2.34. The van der Waals surface area contributed by atoms with Crippen LogP contribution >= 0.6 is 0 Å². The van der Waals surface area contributed by atoms with Crippen LogP contribution in [0.1, 0.15) is 37.0 Å². The van der Waals surface area contributed by atoms with Crippen LogP contribution in [0.15, 0.2) is 24.5 Å². The average molecular weight is 357 g/mol. The van der Waals surface area contributed by atoms with Gasteiger partial charge in [-0.3, -0.25) is 0 Å². The Balaban J connectivity index is 1.42. The zero-order valence-corrected chi connectivity index (χ0v) is 15.0. The van der Waals surface area contributed by atoms with Crippen LogP contribution in [0.2, 0.25) is 0 Å². The van der Waals surface area contributed by atoms with E-state index in [2.05, 4.69) is 20.1 Å². The molecule has 2 fully saturated rings. The van der Waals surface area contributed by atoms with Crippen LogP contribution in [0.25, 0.3) is 0 Å². The molecule has 1 atom stereocenters. The minimum Gasteiger partial charge on any atom is -0.497 e. The van der Waals surface area contributed by atoms with Crippen molar-refractivity contribution in [1.82, 2.24) is 19.7 Å². The summed E-state index contributed by atoms with van der Waals surface area (Å²) < 4.78 is 12.7. The van der Waals surface area contributed by atoms with Crippen molar-refractivity contribution >= 4 is 11.7 Å². The zero-order valence-electron chi connectivity index (χ0n) is 15.0. The molecule has 0 bridgehead atoms. The Hall–Kier alpha value is -2.77. The van der Waals surface area contributed by atoms with Gasteiger partial charge in [0.15, 0.2) is 0 Å². The predicted molar refractivity (Wildman–Crippen MR) is 95.8 cm³/mol. The molecule has 1 saturated heterocycles. The van der Waals surface area contributed by atoms with Crippen molar-refractivity contribution in [2.75, 3.05) is 32.6 Å². The summed E-state index contributed by atoms with van der Waals surface area (Å²) in [5.74, 6) is 2.86. The molecule has 1 N–H and O–H groups in total. The quantitative estimate of drug-likeness (QED) is 0.890. The van der Waals surface area contributed by atoms with Gasteiger partial charge in [0.2, 0.25) is 0 Å². The molecule has 26 heavy (non-hydrogen) atoms. The standard InChI is InChI=1S/C18H23N5O3/c1-25-14-5-6-15(16(9-14)26-2)20-18(24)22-8-7-13(10-22)23-11-19-21-17(23)12-3-4-12/h5-6,9,11-13H,3-4,7-8,10H2,1-2H3,(H,20,24). The molecule has 8 nitrogen and oxygen atoms in total. The minimum atomic E-state index is -0.128. The van der Waals surface area contributed by atoms with Gasteiger partial charge in [-0.2, -0.15) is 0 Å². The SMILES string of the molecule is COc1ccc(NC(=O)N2CCC(n3cnnc3C3CC3)C2)c(OC)c1. The van der Waals surface area contributed by atoms with E-state index in [0.717, 1.165) is 12.2 Å². The Morgan fingerprint density at radius 3 is 2.81 bits per heavy atom. The lowest BCUT2D eigenvalue weighted by Gasteiger charge is -2.19. The van der Waals surface area contributed by atoms with Gasteiger partial charge in [0.25, 0.3) is 0 Å². The first-order valence-electron chi connectivity index (χ1n) is 8.87. The summed E-state index contributed by atoms with van der Waals surface area (Å²) in [6.07, 6.45) is 5.08. The van der Waals surface area contributed by atoms with E-state index in [1.54, 1.807) is 38.7 Å². The normalized spacial score (nSPS) is 19.5. The van der Waals surface area contributed by atoms with Gasteiger partial charge in [-0.25, -0.2) is 4.79 Å². The third-order valence-corrected chi connectivity index (χ3v) is 5.04. The number of anilines is 1. The van der Waals surface area contributed by atoms with Crippen LogP contribution in [0, 0.1) is 0 Å². The fraction of sp³-hybridized carbons (Fsp3) is 0.500. The second-order valence-electron chi connectivity index (χ2n) is 6.76. The fourth-order valence-electron chi connectivity index (χ4n) is 3.42. The lowest BCUT2D eigenvalue weighted by Crippen LogP contribution is -2.33. The van der Waals surface area contributed by atoms with E-state index in [1.165, 1.54) is 12.8 Å². The fourth-order valence-corrected chi connectivity index (χ4v) is 3.42. The van der Waals surface area contributed by atoms with Gasteiger partial charge < -0.3 is 24.3 Å². The molecule has 1 aliphatic heterocycles. The first-order valence-corrected chi connectivity index (χ1v) is 8.87. The molecule has 0 radical (unpaired) electrons. The maximum Gasteiger partial charge on any atom is 0.322 e. The molecule has 1 aromatic carbocycles. The molecular formula is C18H23N5O3. The van der Waals surface area contributed by atoms with Crippen molar-refractivity contribution in [2.24, 2.45) is 0 Å². The number of hydrogen-bond donors (Lipinski definition) is 1. The summed E-state index contributed by atoms with van der Waals surface area (Å²) in [6, 6.07) is 5.45. The van der Waals surface area contributed by atoms with Gasteiger partial charge in [0.05, 0.1) is 25.9 Å². The number of likely N-dealkylation sites (tertiary alicyclic amines) is 1. The topological polar surface area (TPSA) is 81.5 Å². The molecule has 1 aliphatic carbocycles. The summed E-state index contributed by atoms with van der Waals surface area (Å²) in [5.41, 5.74) is 0.629. The first-order chi connectivity index (χ1) is 12.7. The number of ether oxygens (including phenoxy) is 2. The molecule has 2 amide bonds. The maximum atomic E-state index is 12.7. The van der Waals surface area contributed by atoms with Crippen molar-refractivity contribution in [3.8, 4) is 11.5 Å². The van der Waals surface area contributed by atoms with Gasteiger partial charge in [0, 0.05) is 25.1 Å². The van der Waals surface area contributed by atoms with Gasteiger partial charge in [-0.15, -0.1) is 10.2 Å². The number of methoxy groups -OCH3 is 2. The van der Waals surface area contributed by atoms with Crippen LogP contribution in [0.4, 0.5) is 10.5 Å². The van der Waals surface area contributed by atoms with Crippen molar-refractivity contribution in [1.29, 1.82) is 0 Å². The average Bonchev–Trinajstić information content (AvgIpc) is 3.19. The Labute approximate surface area is 152 Å². The summed E-state index contributed by atoms with van der Waals surface area (Å²) in [5, 5.41) is 11.3. The van der Waals surface area contributed by atoms with Crippen LogP contribution in [0.5, 0.6) is 11.5 Å². The number of hydrogen-bond acceptors (Lipinski definition) is 5. The Bertz CT molecular complexity index is 802. The Morgan fingerprint density at radius 1 is 1.23 bits per heavy atom. The molecule has 4 rings (SSSR count). The molecule has 1 unspecified atom stereocenters. The van der Waals surface area contributed by atoms with Gasteiger partial charge in [-0.1, -0.05) is 0 Å². The second kappa shape index (κ2) is 6.86. The van der Waals surface area contributed by atoms with Crippen molar-refractivity contribution in [3.63, 3.8) is 0 Å². The largest absolute Gasteiger partial charge is 0.497 e. The Kier molecular flexibility index (Phi) is 4.40. The molecule has 0 spiro atoms. The van der Waals surface area contributed by atoms with E-state index in [4.69, 9.17) is 9.47 Å². The first kappa shape index (κ1) is 16.7. The van der Waals surface area contributed by atoms with Crippen LogP contribution in [-0.4, -0.2) is 53.0 Å². The number of nitrogens with one attached hydrogen (secondary N) is 1. The van der Waals surface area contributed by atoms with E-state index < -0.39 is 0 Å². The van der Waals surface area contributed by atoms with E-state index in [0.29, 0.717) is 36.2 Å². The summed E-state index contributed by atoms with van der Waals surface area (Å²) in [7, 11) is 3.17. The molecule has 1 saturated carbocycles. The number of urea groups is 1. The lowest BCUT2D eigenvalue weighted by atomic mass is 10.2. The Morgan fingerprint density at radius 2 is 2.08 bits per heavy atom. The molecule has 2 aromatic rings. The van der Waals surface area contributed by atoms with Crippen LogP contribution < -0.4 is 14.8 Å². The molecule has 1 aromatic heterocycles. The summed E-state index contributed by atoms with van der Waals surface area (Å²) in [6.45, 7) is 1.36. The number of rotatable bonds is 5. The molecule has 2 aliphatic rings. The lowest BCUT2D eigenvalue weighted by molar-refractivity contribution is 0.220. The van der Waals surface area contributed by atoms with E-state index in [1.807, 2.05) is 4.90 Å². The highest BCUT2D eigenvalue weighted by molar-refractivity contribution is 5.91. The number of nitrogens with zero attached hydrogens (tertiary/aromatic N) is 4. The molecule has 2 heterocycles. The van der Waals surface area contributed by atoms with E-state index >= 15 is 0 Å². The highest BCUT2D eigenvalue weighted by atomic mass is 16.5. The number of aromatic nitrogens is 3. The van der Waals surface area contributed by atoms with E-state index in [9.17, 15) is 4.79 Å².